The molecule has 2 aromatic rings. The van der Waals surface area contributed by atoms with Gasteiger partial charge in [0, 0.05) is 6.54 Å². The normalized spacial score (nSPS) is 12.2. The van der Waals surface area contributed by atoms with Gasteiger partial charge in [-0.3, -0.25) is 9.48 Å². The highest BCUT2D eigenvalue weighted by molar-refractivity contribution is 5.75. The average molecular weight is 231 g/mol. The summed E-state index contributed by atoms with van der Waals surface area (Å²) in [5.41, 5.74) is 0.820. The summed E-state index contributed by atoms with van der Waals surface area (Å²) in [6.07, 6.45) is 3.53. The molecule has 1 aromatic heterocycles. The number of aromatic nitrogens is 3. The number of aliphatic carboxylic acids is 1. The maximum atomic E-state index is 11.2. The molecule has 17 heavy (non-hydrogen) atoms. The maximum absolute atomic E-state index is 11.2. The molecule has 0 spiro atoms. The predicted octanol–water partition coefficient (Wildman–Crippen LogP) is 1.54. The molecule has 0 aliphatic rings. The first kappa shape index (κ1) is 11.3. The smallest absolute Gasteiger partial charge is 0.311 e. The van der Waals surface area contributed by atoms with Crippen LogP contribution in [0.25, 0.3) is 0 Å². The van der Waals surface area contributed by atoms with E-state index in [9.17, 15) is 9.90 Å². The molecule has 0 radical (unpaired) electrons. The van der Waals surface area contributed by atoms with Gasteiger partial charge < -0.3 is 5.11 Å². The fourth-order valence-electron chi connectivity index (χ4n) is 1.73. The van der Waals surface area contributed by atoms with Gasteiger partial charge in [0.15, 0.2) is 0 Å². The second-order valence-electron chi connectivity index (χ2n) is 3.75. The van der Waals surface area contributed by atoms with Crippen LogP contribution in [0.3, 0.4) is 0 Å². The van der Waals surface area contributed by atoms with Crippen LogP contribution in [-0.4, -0.2) is 25.8 Å². The predicted molar refractivity (Wildman–Crippen MR) is 61.5 cm³/mol. The van der Waals surface area contributed by atoms with Gasteiger partial charge in [0.25, 0.3) is 0 Å². The van der Waals surface area contributed by atoms with Gasteiger partial charge in [-0.25, -0.2) is 4.98 Å². The number of carboxylic acids is 1. The molecule has 0 bridgehead atoms. The molecule has 5 heteroatoms. The van der Waals surface area contributed by atoms with E-state index >= 15 is 0 Å². The SMILES string of the molecule is O=C(O)[C@@H](CCn1cncn1)c1ccccc1. The summed E-state index contributed by atoms with van der Waals surface area (Å²) in [6, 6.07) is 9.24. The molecule has 0 unspecified atom stereocenters. The van der Waals surface area contributed by atoms with Gasteiger partial charge in [0.05, 0.1) is 5.92 Å². The molecule has 0 fully saturated rings. The van der Waals surface area contributed by atoms with Crippen LogP contribution < -0.4 is 0 Å². The number of rotatable bonds is 5. The number of aryl methyl sites for hydroxylation is 1. The molecule has 0 aliphatic carbocycles. The minimum absolute atomic E-state index is 0.500. The van der Waals surface area contributed by atoms with Gasteiger partial charge in [0.1, 0.15) is 12.7 Å². The van der Waals surface area contributed by atoms with Crippen LogP contribution in [-0.2, 0) is 11.3 Å². The Morgan fingerprint density at radius 1 is 1.35 bits per heavy atom. The molecule has 1 N–H and O–H groups in total. The Morgan fingerprint density at radius 3 is 2.71 bits per heavy atom. The molecule has 1 aromatic carbocycles. The Hall–Kier alpha value is -2.17. The first-order valence-electron chi connectivity index (χ1n) is 5.37. The molecule has 0 saturated carbocycles. The molecule has 5 nitrogen and oxygen atoms in total. The number of nitrogens with zero attached hydrogens (tertiary/aromatic N) is 3. The van der Waals surface area contributed by atoms with Gasteiger partial charge in [-0.05, 0) is 12.0 Å². The second-order valence-corrected chi connectivity index (χ2v) is 3.75. The van der Waals surface area contributed by atoms with E-state index in [0.717, 1.165) is 5.56 Å². The van der Waals surface area contributed by atoms with E-state index in [0.29, 0.717) is 13.0 Å². The lowest BCUT2D eigenvalue weighted by atomic mass is 9.96. The third-order valence-corrected chi connectivity index (χ3v) is 2.61. The number of benzene rings is 1. The molecular formula is C12H13N3O2. The average Bonchev–Trinajstić information content (AvgIpc) is 2.83. The molecule has 0 amide bonds. The van der Waals surface area contributed by atoms with Crippen molar-refractivity contribution in [3.63, 3.8) is 0 Å². The van der Waals surface area contributed by atoms with Crippen LogP contribution in [0.5, 0.6) is 0 Å². The Morgan fingerprint density at radius 2 is 2.12 bits per heavy atom. The molecular weight excluding hydrogens is 218 g/mol. The standard InChI is InChI=1S/C12H13N3O2/c16-12(17)11(10-4-2-1-3-5-10)6-7-15-9-13-8-14-15/h1-5,8-9,11H,6-7H2,(H,16,17)/t11-/m0/s1. The molecule has 0 saturated heterocycles. The molecule has 0 aliphatic heterocycles. The van der Waals surface area contributed by atoms with Crippen molar-refractivity contribution in [2.24, 2.45) is 0 Å². The van der Waals surface area contributed by atoms with Crippen molar-refractivity contribution in [1.82, 2.24) is 14.8 Å². The number of carboxylic acid groups (broad SMARTS) is 1. The van der Waals surface area contributed by atoms with Crippen molar-refractivity contribution in [2.75, 3.05) is 0 Å². The van der Waals surface area contributed by atoms with Crippen molar-refractivity contribution >= 4 is 5.97 Å². The maximum Gasteiger partial charge on any atom is 0.311 e. The van der Waals surface area contributed by atoms with E-state index in [1.165, 1.54) is 6.33 Å². The fraction of sp³-hybridized carbons (Fsp3) is 0.250. The lowest BCUT2D eigenvalue weighted by molar-refractivity contribution is -0.139. The quantitative estimate of drug-likeness (QED) is 0.847. The van der Waals surface area contributed by atoms with E-state index in [1.807, 2.05) is 30.3 Å². The summed E-state index contributed by atoms with van der Waals surface area (Å²) >= 11 is 0. The van der Waals surface area contributed by atoms with Crippen LogP contribution in [0.15, 0.2) is 43.0 Å². The Balaban J connectivity index is 2.06. The molecule has 2 rings (SSSR count). The van der Waals surface area contributed by atoms with E-state index in [-0.39, 0.29) is 0 Å². The largest absolute Gasteiger partial charge is 0.481 e. The summed E-state index contributed by atoms with van der Waals surface area (Å²) in [4.78, 5) is 15.0. The van der Waals surface area contributed by atoms with Crippen molar-refractivity contribution in [3.8, 4) is 0 Å². The monoisotopic (exact) mass is 231 g/mol. The fourth-order valence-corrected chi connectivity index (χ4v) is 1.73. The van der Waals surface area contributed by atoms with Gasteiger partial charge in [-0.1, -0.05) is 30.3 Å². The summed E-state index contributed by atoms with van der Waals surface area (Å²) in [6.45, 7) is 0.547. The second kappa shape index (κ2) is 5.25. The number of hydrogen-bond acceptors (Lipinski definition) is 3. The zero-order valence-electron chi connectivity index (χ0n) is 9.23. The van der Waals surface area contributed by atoms with Crippen LogP contribution in [0.1, 0.15) is 17.9 Å². The van der Waals surface area contributed by atoms with Crippen molar-refractivity contribution in [2.45, 2.75) is 18.9 Å². The topological polar surface area (TPSA) is 68.0 Å². The van der Waals surface area contributed by atoms with Gasteiger partial charge in [-0.2, -0.15) is 5.10 Å². The van der Waals surface area contributed by atoms with Gasteiger partial charge >= 0.3 is 5.97 Å². The van der Waals surface area contributed by atoms with Crippen LogP contribution in [0, 0.1) is 0 Å². The van der Waals surface area contributed by atoms with Crippen LogP contribution >= 0.6 is 0 Å². The van der Waals surface area contributed by atoms with Crippen molar-refractivity contribution in [3.05, 3.63) is 48.5 Å². The first-order valence-corrected chi connectivity index (χ1v) is 5.37. The summed E-state index contributed by atoms with van der Waals surface area (Å²) in [7, 11) is 0. The number of carbonyl (C=O) groups is 1. The highest BCUT2D eigenvalue weighted by Gasteiger charge is 2.19. The Bertz CT molecular complexity index is 468. The van der Waals surface area contributed by atoms with Crippen molar-refractivity contribution in [1.29, 1.82) is 0 Å². The number of hydrogen-bond donors (Lipinski definition) is 1. The Labute approximate surface area is 98.7 Å². The minimum atomic E-state index is -0.809. The van der Waals surface area contributed by atoms with Crippen LogP contribution in [0.2, 0.25) is 0 Å². The third-order valence-electron chi connectivity index (χ3n) is 2.61. The lowest BCUT2D eigenvalue weighted by Gasteiger charge is -2.12. The summed E-state index contributed by atoms with van der Waals surface area (Å²) < 4.78 is 1.64. The van der Waals surface area contributed by atoms with Gasteiger partial charge in [-0.15, -0.1) is 0 Å². The Kier molecular flexibility index (Phi) is 3.49. The molecule has 1 heterocycles. The summed E-state index contributed by atoms with van der Waals surface area (Å²) in [5.74, 6) is -1.31. The lowest BCUT2D eigenvalue weighted by Crippen LogP contribution is -2.14. The molecule has 88 valence electrons. The van der Waals surface area contributed by atoms with Crippen molar-refractivity contribution < 1.29 is 9.90 Å². The van der Waals surface area contributed by atoms with E-state index in [4.69, 9.17) is 0 Å². The van der Waals surface area contributed by atoms with E-state index < -0.39 is 11.9 Å². The zero-order valence-corrected chi connectivity index (χ0v) is 9.23. The van der Waals surface area contributed by atoms with Gasteiger partial charge in [0.2, 0.25) is 0 Å². The summed E-state index contributed by atoms with van der Waals surface area (Å²) in [5, 5.41) is 13.2. The highest BCUT2D eigenvalue weighted by Crippen LogP contribution is 2.20. The first-order chi connectivity index (χ1) is 8.27. The van der Waals surface area contributed by atoms with E-state index in [2.05, 4.69) is 10.1 Å². The highest BCUT2D eigenvalue weighted by atomic mass is 16.4. The minimum Gasteiger partial charge on any atom is -0.481 e. The third kappa shape index (κ3) is 2.90. The van der Waals surface area contributed by atoms with Crippen LogP contribution in [0.4, 0.5) is 0 Å². The van der Waals surface area contributed by atoms with E-state index in [1.54, 1.807) is 11.0 Å². The molecule has 1 atom stereocenters. The zero-order chi connectivity index (χ0) is 12.1.